The van der Waals surface area contributed by atoms with E-state index in [1.165, 1.54) is 0 Å². The van der Waals surface area contributed by atoms with Crippen molar-refractivity contribution in [1.82, 2.24) is 14.6 Å². The van der Waals surface area contributed by atoms with Gasteiger partial charge in [-0.25, -0.2) is 19.1 Å². The molecule has 0 aliphatic carbocycles. The Kier molecular flexibility index (Phi) is 2.60. The first kappa shape index (κ1) is 12.1. The predicted molar refractivity (Wildman–Crippen MR) is 52.2 cm³/mol. The fraction of sp³-hybridized carbons (Fsp3) is 0.222. The maximum atomic E-state index is 12.7. The second-order valence-corrected chi connectivity index (χ2v) is 3.31. The highest BCUT2D eigenvalue weighted by Crippen LogP contribution is 2.31. The van der Waals surface area contributed by atoms with Crippen molar-refractivity contribution in [3.05, 3.63) is 33.9 Å². The van der Waals surface area contributed by atoms with Crippen molar-refractivity contribution in [3.63, 3.8) is 0 Å². The minimum atomic E-state index is -4.68. The lowest BCUT2D eigenvalue weighted by Gasteiger charge is -2.09. The number of hydrogen-bond acceptors (Lipinski definition) is 4. The molecule has 0 saturated carbocycles. The van der Waals surface area contributed by atoms with Gasteiger partial charge in [0.05, 0.1) is 7.11 Å². The van der Waals surface area contributed by atoms with Gasteiger partial charge in [0.1, 0.15) is 11.3 Å². The van der Waals surface area contributed by atoms with Crippen LogP contribution in [-0.2, 0) is 10.9 Å². The van der Waals surface area contributed by atoms with E-state index in [0.717, 1.165) is 13.2 Å². The highest BCUT2D eigenvalue weighted by atomic mass is 19.4. The summed E-state index contributed by atoms with van der Waals surface area (Å²) in [5.41, 5.74) is -3.07. The molecule has 0 spiro atoms. The Hall–Kier alpha value is -2.32. The summed E-state index contributed by atoms with van der Waals surface area (Å²) < 4.78 is 42.9. The minimum Gasteiger partial charge on any atom is -0.464 e. The van der Waals surface area contributed by atoms with E-state index < -0.39 is 29.0 Å². The van der Waals surface area contributed by atoms with Crippen LogP contribution >= 0.6 is 0 Å². The van der Waals surface area contributed by atoms with Crippen LogP contribution in [0.4, 0.5) is 13.2 Å². The van der Waals surface area contributed by atoms with E-state index >= 15 is 0 Å². The minimum absolute atomic E-state index is 0.334. The number of rotatable bonds is 1. The summed E-state index contributed by atoms with van der Waals surface area (Å²) in [6.45, 7) is 0. The lowest BCUT2D eigenvalue weighted by atomic mass is 10.2. The van der Waals surface area contributed by atoms with Gasteiger partial charge in [0.15, 0.2) is 5.65 Å². The Bertz CT molecular complexity index is 671. The van der Waals surface area contributed by atoms with Crippen molar-refractivity contribution >= 4 is 11.6 Å². The molecule has 2 aromatic heterocycles. The molecular formula is C9H6F3N3O3. The van der Waals surface area contributed by atoms with Crippen LogP contribution in [0.3, 0.4) is 0 Å². The molecule has 18 heavy (non-hydrogen) atoms. The van der Waals surface area contributed by atoms with E-state index in [9.17, 15) is 22.8 Å². The largest absolute Gasteiger partial charge is 0.464 e. The molecule has 0 aliphatic heterocycles. The number of nitrogens with one attached hydrogen (secondary N) is 1. The van der Waals surface area contributed by atoms with Gasteiger partial charge in [0, 0.05) is 0 Å². The Balaban J connectivity index is 2.85. The zero-order chi connectivity index (χ0) is 13.5. The normalized spacial score (nSPS) is 11.8. The summed E-state index contributed by atoms with van der Waals surface area (Å²) >= 11 is 0. The number of alkyl halides is 3. The van der Waals surface area contributed by atoms with E-state index in [0.29, 0.717) is 10.5 Å². The number of aromatic amines is 1. The molecule has 0 amide bonds. The molecule has 2 aromatic rings. The van der Waals surface area contributed by atoms with Gasteiger partial charge < -0.3 is 4.74 Å². The highest BCUT2D eigenvalue weighted by molar-refractivity contribution is 5.88. The zero-order valence-electron chi connectivity index (χ0n) is 8.91. The van der Waals surface area contributed by atoms with E-state index in [1.54, 1.807) is 0 Å². The quantitative estimate of drug-likeness (QED) is 0.771. The number of aromatic nitrogens is 3. The molecule has 0 bridgehead atoms. The van der Waals surface area contributed by atoms with Gasteiger partial charge in [0.2, 0.25) is 0 Å². The van der Waals surface area contributed by atoms with Crippen molar-refractivity contribution in [2.45, 2.75) is 6.18 Å². The van der Waals surface area contributed by atoms with Crippen molar-refractivity contribution < 1.29 is 22.7 Å². The van der Waals surface area contributed by atoms with Gasteiger partial charge in [-0.1, -0.05) is 0 Å². The predicted octanol–water partition coefficient (Wildman–Crippen LogP) is 0.828. The molecule has 0 atom stereocenters. The van der Waals surface area contributed by atoms with Crippen LogP contribution in [-0.4, -0.2) is 27.7 Å². The van der Waals surface area contributed by atoms with Crippen LogP contribution in [0.15, 0.2) is 16.9 Å². The number of fused-ring (bicyclic) bond motifs is 1. The van der Waals surface area contributed by atoms with Gasteiger partial charge in [-0.2, -0.15) is 18.3 Å². The van der Waals surface area contributed by atoms with Crippen molar-refractivity contribution in [3.8, 4) is 0 Å². The molecule has 1 N–H and O–H groups in total. The first-order valence-corrected chi connectivity index (χ1v) is 4.62. The third-order valence-corrected chi connectivity index (χ3v) is 2.26. The fourth-order valence-electron chi connectivity index (χ4n) is 1.50. The van der Waals surface area contributed by atoms with E-state index in [-0.39, 0.29) is 5.69 Å². The summed E-state index contributed by atoms with van der Waals surface area (Å²) in [4.78, 5) is 22.7. The van der Waals surface area contributed by atoms with Crippen LogP contribution in [0.1, 0.15) is 16.1 Å². The topological polar surface area (TPSA) is 76.5 Å². The van der Waals surface area contributed by atoms with Crippen LogP contribution in [0.2, 0.25) is 0 Å². The molecule has 0 saturated heterocycles. The van der Waals surface area contributed by atoms with E-state index in [4.69, 9.17) is 0 Å². The Morgan fingerprint density at radius 3 is 2.67 bits per heavy atom. The molecule has 6 nitrogen and oxygen atoms in total. The summed E-state index contributed by atoms with van der Waals surface area (Å²) in [7, 11) is 1.05. The monoisotopic (exact) mass is 261 g/mol. The lowest BCUT2D eigenvalue weighted by molar-refractivity contribution is -0.136. The molecule has 2 rings (SSSR count). The molecule has 0 unspecified atom stereocenters. The maximum absolute atomic E-state index is 12.7. The Morgan fingerprint density at radius 1 is 1.44 bits per heavy atom. The number of ether oxygens (including phenoxy) is 1. The number of esters is 1. The van der Waals surface area contributed by atoms with Gasteiger partial charge in [0.25, 0.3) is 0 Å². The molecule has 0 aliphatic rings. The summed E-state index contributed by atoms with van der Waals surface area (Å²) in [6, 6.07) is 1.53. The smallest absolute Gasteiger partial charge is 0.420 e. The molecule has 2 heterocycles. The van der Waals surface area contributed by atoms with E-state index in [2.05, 4.69) is 9.84 Å². The molecule has 9 heteroatoms. The zero-order valence-corrected chi connectivity index (χ0v) is 8.91. The van der Waals surface area contributed by atoms with Crippen LogP contribution < -0.4 is 5.69 Å². The Labute approximate surface area is 97.0 Å². The van der Waals surface area contributed by atoms with Crippen molar-refractivity contribution in [2.75, 3.05) is 7.11 Å². The van der Waals surface area contributed by atoms with E-state index in [1.807, 2.05) is 5.10 Å². The fourth-order valence-corrected chi connectivity index (χ4v) is 1.50. The SMILES string of the molecule is COC(=O)c1ccc(C(F)(F)F)c2n[nH]c(=O)n12. The average molecular weight is 261 g/mol. The number of H-pyrrole nitrogens is 1. The van der Waals surface area contributed by atoms with Crippen molar-refractivity contribution in [1.29, 1.82) is 0 Å². The summed E-state index contributed by atoms with van der Waals surface area (Å²) in [5, 5.41) is 5.12. The molecule has 96 valence electrons. The van der Waals surface area contributed by atoms with Crippen molar-refractivity contribution in [2.24, 2.45) is 0 Å². The number of methoxy groups -OCH3 is 1. The number of carbonyl (C=O) groups excluding carboxylic acids is 1. The van der Waals surface area contributed by atoms with Gasteiger partial charge in [-0.3, -0.25) is 0 Å². The third-order valence-electron chi connectivity index (χ3n) is 2.26. The van der Waals surface area contributed by atoms with Crippen LogP contribution in [0, 0.1) is 0 Å². The Morgan fingerprint density at radius 2 is 2.11 bits per heavy atom. The maximum Gasteiger partial charge on any atom is 0.420 e. The van der Waals surface area contributed by atoms with Crippen LogP contribution in [0.5, 0.6) is 0 Å². The first-order valence-electron chi connectivity index (χ1n) is 4.62. The summed E-state index contributed by atoms with van der Waals surface area (Å²) in [6.07, 6.45) is -4.68. The number of nitrogens with zero attached hydrogens (tertiary/aromatic N) is 2. The first-order chi connectivity index (χ1) is 8.36. The standard InChI is InChI=1S/C9H6F3N3O3/c1-18-7(16)5-3-2-4(9(10,11)12)6-13-14-8(17)15(5)6/h2-3H,1H3,(H,14,17). The molecular weight excluding hydrogens is 255 g/mol. The second-order valence-electron chi connectivity index (χ2n) is 3.31. The van der Waals surface area contributed by atoms with Gasteiger partial charge in [-0.15, -0.1) is 0 Å². The molecule has 0 aromatic carbocycles. The molecule has 0 fully saturated rings. The van der Waals surface area contributed by atoms with Gasteiger partial charge >= 0.3 is 17.8 Å². The second kappa shape index (κ2) is 3.86. The number of halogens is 3. The van der Waals surface area contributed by atoms with Crippen LogP contribution in [0.25, 0.3) is 5.65 Å². The average Bonchev–Trinajstić information content (AvgIpc) is 2.68. The van der Waals surface area contributed by atoms with Gasteiger partial charge in [-0.05, 0) is 12.1 Å². The summed E-state index contributed by atoms with van der Waals surface area (Å²) in [5.74, 6) is -0.933. The number of carbonyl (C=O) groups is 1. The highest BCUT2D eigenvalue weighted by Gasteiger charge is 2.35. The molecule has 0 radical (unpaired) electrons. The lowest BCUT2D eigenvalue weighted by Crippen LogP contribution is -2.20. The third kappa shape index (κ3) is 1.73. The number of hydrogen-bond donors (Lipinski definition) is 1. The number of pyridine rings is 1.